The number of carbonyl (C=O) groups is 1. The first-order chi connectivity index (χ1) is 9.11. The number of ether oxygens (including phenoxy) is 1. The monoisotopic (exact) mass is 264 g/mol. The Morgan fingerprint density at radius 2 is 1.95 bits per heavy atom. The third-order valence-corrected chi connectivity index (χ3v) is 6.03. The summed E-state index contributed by atoms with van der Waals surface area (Å²) >= 11 is 0. The van der Waals surface area contributed by atoms with E-state index in [2.05, 4.69) is 6.58 Å². The zero-order chi connectivity index (χ0) is 13.3. The standard InChI is InChI=1S/C15H20O4/c1-6(5-16)15(18)19-11-3-7-2-10(11)13-8-4-9(8)14(17)12(7)13/h7-14,16-17H,1-5H2. The molecular formula is C15H20O4. The summed E-state index contributed by atoms with van der Waals surface area (Å²) in [4.78, 5) is 11.7. The van der Waals surface area contributed by atoms with Crippen LogP contribution in [0.3, 0.4) is 0 Å². The van der Waals surface area contributed by atoms with Crippen LogP contribution < -0.4 is 0 Å². The zero-order valence-electron chi connectivity index (χ0n) is 10.9. The second-order valence-corrected chi connectivity index (χ2v) is 6.81. The molecule has 0 aromatic carbocycles. The summed E-state index contributed by atoms with van der Waals surface area (Å²) in [6.45, 7) is 3.18. The molecule has 8 atom stereocenters. The van der Waals surface area contributed by atoms with Crippen molar-refractivity contribution in [1.82, 2.24) is 0 Å². The molecule has 0 heterocycles. The molecule has 0 spiro atoms. The second kappa shape index (κ2) is 3.83. The van der Waals surface area contributed by atoms with Crippen molar-refractivity contribution in [2.45, 2.75) is 31.5 Å². The van der Waals surface area contributed by atoms with Crippen LogP contribution >= 0.6 is 0 Å². The lowest BCUT2D eigenvalue weighted by Crippen LogP contribution is -2.37. The lowest BCUT2D eigenvalue weighted by atomic mass is 9.76. The highest BCUT2D eigenvalue weighted by Gasteiger charge is 2.69. The normalized spacial score (nSPS) is 52.7. The van der Waals surface area contributed by atoms with E-state index in [1.165, 1.54) is 0 Å². The molecule has 4 heteroatoms. The Labute approximate surface area is 112 Å². The van der Waals surface area contributed by atoms with Gasteiger partial charge in [0.05, 0.1) is 18.3 Å². The number of carbonyl (C=O) groups excluding carboxylic acids is 1. The molecule has 0 aromatic heterocycles. The second-order valence-electron chi connectivity index (χ2n) is 6.81. The number of hydrogen-bond acceptors (Lipinski definition) is 4. The van der Waals surface area contributed by atoms with Crippen LogP contribution in [0, 0.1) is 35.5 Å². The molecule has 19 heavy (non-hydrogen) atoms. The van der Waals surface area contributed by atoms with Gasteiger partial charge in [0.1, 0.15) is 6.10 Å². The molecule has 2 N–H and O–H groups in total. The molecule has 104 valence electrons. The zero-order valence-corrected chi connectivity index (χ0v) is 10.9. The lowest BCUT2D eigenvalue weighted by molar-refractivity contribution is -0.149. The van der Waals surface area contributed by atoms with E-state index in [0.29, 0.717) is 35.5 Å². The highest BCUT2D eigenvalue weighted by Crippen LogP contribution is 2.70. The molecule has 8 unspecified atom stereocenters. The first-order valence-corrected chi connectivity index (χ1v) is 7.29. The Morgan fingerprint density at radius 1 is 1.16 bits per heavy atom. The molecule has 0 amide bonds. The average molecular weight is 264 g/mol. The minimum Gasteiger partial charge on any atom is -0.459 e. The third-order valence-electron chi connectivity index (χ3n) is 6.03. The SMILES string of the molecule is C=C(CO)C(=O)OC1CC2CC1C1C3CC3C(O)C21. The van der Waals surface area contributed by atoms with Gasteiger partial charge in [0.25, 0.3) is 0 Å². The summed E-state index contributed by atoms with van der Waals surface area (Å²) in [7, 11) is 0. The third kappa shape index (κ3) is 1.50. The van der Waals surface area contributed by atoms with Gasteiger partial charge < -0.3 is 14.9 Å². The number of esters is 1. The van der Waals surface area contributed by atoms with E-state index in [0.717, 1.165) is 19.3 Å². The van der Waals surface area contributed by atoms with E-state index in [9.17, 15) is 9.90 Å². The topological polar surface area (TPSA) is 66.8 Å². The van der Waals surface area contributed by atoms with Gasteiger partial charge in [-0.25, -0.2) is 4.79 Å². The van der Waals surface area contributed by atoms with Gasteiger partial charge in [-0.05, 0) is 54.8 Å². The van der Waals surface area contributed by atoms with Crippen molar-refractivity contribution in [3.8, 4) is 0 Å². The van der Waals surface area contributed by atoms with Crippen molar-refractivity contribution in [3.63, 3.8) is 0 Å². The molecule has 0 aliphatic heterocycles. The molecule has 4 nitrogen and oxygen atoms in total. The highest BCUT2D eigenvalue weighted by atomic mass is 16.5. The van der Waals surface area contributed by atoms with Gasteiger partial charge in [0, 0.05) is 0 Å². The predicted molar refractivity (Wildman–Crippen MR) is 66.9 cm³/mol. The van der Waals surface area contributed by atoms with Gasteiger partial charge in [-0.15, -0.1) is 0 Å². The van der Waals surface area contributed by atoms with E-state index < -0.39 is 5.97 Å². The summed E-state index contributed by atoms with van der Waals surface area (Å²) in [5.74, 6) is 2.74. The Bertz CT molecular complexity index is 445. The van der Waals surface area contributed by atoms with E-state index in [4.69, 9.17) is 9.84 Å². The fourth-order valence-electron chi connectivity index (χ4n) is 5.28. The van der Waals surface area contributed by atoms with Crippen LogP contribution in [0.2, 0.25) is 0 Å². The molecule has 2 bridgehead atoms. The van der Waals surface area contributed by atoms with E-state index in [1.54, 1.807) is 0 Å². The number of hydrogen-bond donors (Lipinski definition) is 2. The molecular weight excluding hydrogens is 244 g/mol. The predicted octanol–water partition coefficient (Wildman–Crippen LogP) is 0.730. The average Bonchev–Trinajstić information content (AvgIpc) is 2.84. The smallest absolute Gasteiger partial charge is 0.336 e. The van der Waals surface area contributed by atoms with Crippen LogP contribution in [0.4, 0.5) is 0 Å². The maximum Gasteiger partial charge on any atom is 0.336 e. The molecule has 0 radical (unpaired) electrons. The number of aliphatic hydroxyl groups is 2. The fraction of sp³-hybridized carbons (Fsp3) is 0.800. The first-order valence-electron chi connectivity index (χ1n) is 7.29. The van der Waals surface area contributed by atoms with Crippen LogP contribution in [0.15, 0.2) is 12.2 Å². The number of fused-ring (bicyclic) bond motifs is 7. The van der Waals surface area contributed by atoms with E-state index >= 15 is 0 Å². The van der Waals surface area contributed by atoms with Gasteiger partial charge in [0.2, 0.25) is 0 Å². The van der Waals surface area contributed by atoms with E-state index in [-0.39, 0.29) is 24.4 Å². The van der Waals surface area contributed by atoms with Gasteiger partial charge in [-0.2, -0.15) is 0 Å². The summed E-state index contributed by atoms with van der Waals surface area (Å²) < 4.78 is 5.53. The summed E-state index contributed by atoms with van der Waals surface area (Å²) in [5, 5.41) is 19.2. The van der Waals surface area contributed by atoms with Gasteiger partial charge in [-0.1, -0.05) is 6.58 Å². The van der Waals surface area contributed by atoms with Crippen molar-refractivity contribution in [3.05, 3.63) is 12.2 Å². The molecule has 4 aliphatic rings. The number of aliphatic hydroxyl groups excluding tert-OH is 2. The highest BCUT2D eigenvalue weighted by molar-refractivity contribution is 5.88. The van der Waals surface area contributed by atoms with Gasteiger partial charge in [0.15, 0.2) is 0 Å². The minimum atomic E-state index is -0.456. The largest absolute Gasteiger partial charge is 0.459 e. The Morgan fingerprint density at radius 3 is 2.68 bits per heavy atom. The van der Waals surface area contributed by atoms with Crippen molar-refractivity contribution in [1.29, 1.82) is 0 Å². The maximum absolute atomic E-state index is 11.7. The molecule has 4 rings (SSSR count). The van der Waals surface area contributed by atoms with Gasteiger partial charge >= 0.3 is 5.97 Å². The Kier molecular flexibility index (Phi) is 2.40. The molecule has 0 saturated heterocycles. The summed E-state index contributed by atoms with van der Waals surface area (Å²) in [6.07, 6.45) is 3.02. The first kappa shape index (κ1) is 11.9. The van der Waals surface area contributed by atoms with Crippen LogP contribution in [0.1, 0.15) is 19.3 Å². The Balaban J connectivity index is 1.48. The fourth-order valence-corrected chi connectivity index (χ4v) is 5.28. The van der Waals surface area contributed by atoms with Crippen molar-refractivity contribution in [2.24, 2.45) is 35.5 Å². The van der Waals surface area contributed by atoms with E-state index in [1.807, 2.05) is 0 Å². The molecule has 0 aromatic rings. The van der Waals surface area contributed by atoms with Crippen molar-refractivity contribution >= 4 is 5.97 Å². The van der Waals surface area contributed by atoms with Crippen LogP contribution in [0.5, 0.6) is 0 Å². The molecule has 4 aliphatic carbocycles. The van der Waals surface area contributed by atoms with Crippen molar-refractivity contribution < 1.29 is 19.7 Å². The molecule has 4 saturated carbocycles. The number of rotatable bonds is 3. The Hall–Kier alpha value is -0.870. The quantitative estimate of drug-likeness (QED) is 0.582. The van der Waals surface area contributed by atoms with Gasteiger partial charge in [-0.3, -0.25) is 0 Å². The summed E-state index contributed by atoms with van der Waals surface area (Å²) in [5.41, 5.74) is 0.134. The van der Waals surface area contributed by atoms with Crippen LogP contribution in [0.25, 0.3) is 0 Å². The van der Waals surface area contributed by atoms with Crippen LogP contribution in [-0.2, 0) is 9.53 Å². The summed E-state index contributed by atoms with van der Waals surface area (Å²) in [6, 6.07) is 0. The maximum atomic E-state index is 11.7. The molecule has 4 fully saturated rings. The minimum absolute atomic E-state index is 0.0198. The van der Waals surface area contributed by atoms with Crippen LogP contribution in [-0.4, -0.2) is 35.0 Å². The lowest BCUT2D eigenvalue weighted by Gasteiger charge is -2.34. The van der Waals surface area contributed by atoms with Crippen molar-refractivity contribution in [2.75, 3.05) is 6.61 Å².